The number of hydrogen-bond donors (Lipinski definition) is 0. The molecule has 11 heavy (non-hydrogen) atoms. The molecular weight excluding hydrogens is 132 g/mol. The van der Waals surface area contributed by atoms with Gasteiger partial charge in [-0.2, -0.15) is 0 Å². The van der Waals surface area contributed by atoms with Crippen LogP contribution in [0.5, 0.6) is 0 Å². The molecule has 0 aromatic rings. The third-order valence-electron chi connectivity index (χ3n) is 3.08. The van der Waals surface area contributed by atoms with Crippen molar-refractivity contribution < 1.29 is 0 Å². The van der Waals surface area contributed by atoms with Crippen molar-refractivity contribution in [3.05, 3.63) is 0 Å². The zero-order valence-electron chi connectivity index (χ0n) is 7.90. The summed E-state index contributed by atoms with van der Waals surface area (Å²) in [6, 6.07) is 0. The largest absolute Gasteiger partial charge is 0.0599 e. The summed E-state index contributed by atoms with van der Waals surface area (Å²) in [5, 5.41) is 0. The average molecular weight is 152 g/mol. The van der Waals surface area contributed by atoms with Gasteiger partial charge >= 0.3 is 0 Å². The fraction of sp³-hybridized carbons (Fsp3) is 1.00. The summed E-state index contributed by atoms with van der Waals surface area (Å²) in [5.74, 6) is 2.23. The molecule has 0 spiro atoms. The van der Waals surface area contributed by atoms with E-state index in [1.54, 1.807) is 0 Å². The highest BCUT2D eigenvalue weighted by atomic mass is 14.4. The molecule has 0 bridgehead atoms. The maximum absolute atomic E-state index is 2.46. The molecule has 0 heteroatoms. The minimum atomic E-state index is 0.669. The van der Waals surface area contributed by atoms with E-state index in [0.29, 0.717) is 5.41 Å². The van der Waals surface area contributed by atoms with Gasteiger partial charge in [0.2, 0.25) is 0 Å². The van der Waals surface area contributed by atoms with Crippen LogP contribution in [0.4, 0.5) is 0 Å². The van der Waals surface area contributed by atoms with Gasteiger partial charge in [0.1, 0.15) is 0 Å². The smallest absolute Gasteiger partial charge is 0.0349 e. The Balaban J connectivity index is 1.75. The lowest BCUT2D eigenvalue weighted by Crippen LogP contribution is -2.12. The van der Waals surface area contributed by atoms with Gasteiger partial charge in [-0.15, -0.1) is 0 Å². The predicted octanol–water partition coefficient (Wildman–Crippen LogP) is 3.61. The second-order valence-corrected chi connectivity index (χ2v) is 5.46. The van der Waals surface area contributed by atoms with Crippen molar-refractivity contribution in [1.82, 2.24) is 0 Å². The fourth-order valence-corrected chi connectivity index (χ4v) is 2.29. The van der Waals surface area contributed by atoms with Crippen LogP contribution in [0.1, 0.15) is 52.4 Å². The van der Waals surface area contributed by atoms with Crippen LogP contribution in [-0.4, -0.2) is 0 Å². The molecule has 0 unspecified atom stereocenters. The standard InChI is InChI=1S/C11H20/c1-11(2,7-9-3-4-9)8-10-5-6-10/h9-10H,3-8H2,1-2H3. The monoisotopic (exact) mass is 152 g/mol. The van der Waals surface area contributed by atoms with Crippen molar-refractivity contribution in [1.29, 1.82) is 0 Å². The molecule has 2 saturated carbocycles. The molecule has 2 rings (SSSR count). The topological polar surface area (TPSA) is 0 Å². The van der Waals surface area contributed by atoms with Gasteiger partial charge in [0.15, 0.2) is 0 Å². The van der Waals surface area contributed by atoms with Crippen molar-refractivity contribution >= 4 is 0 Å². The maximum atomic E-state index is 2.46. The first-order valence-corrected chi connectivity index (χ1v) is 5.16. The molecule has 2 aliphatic carbocycles. The maximum Gasteiger partial charge on any atom is -0.0349 e. The highest BCUT2D eigenvalue weighted by molar-refractivity contribution is 4.86. The Bertz CT molecular complexity index is 122. The van der Waals surface area contributed by atoms with E-state index in [1.807, 2.05) is 0 Å². The molecule has 2 fully saturated rings. The van der Waals surface area contributed by atoms with E-state index in [-0.39, 0.29) is 0 Å². The van der Waals surface area contributed by atoms with Crippen molar-refractivity contribution in [2.75, 3.05) is 0 Å². The van der Waals surface area contributed by atoms with Crippen LogP contribution in [0, 0.1) is 17.3 Å². The summed E-state index contributed by atoms with van der Waals surface area (Å²) in [4.78, 5) is 0. The lowest BCUT2D eigenvalue weighted by atomic mass is 9.82. The first-order chi connectivity index (χ1) is 5.16. The Morgan fingerprint density at radius 3 is 1.55 bits per heavy atom. The lowest BCUT2D eigenvalue weighted by Gasteiger charge is -2.24. The highest BCUT2D eigenvalue weighted by Crippen LogP contribution is 2.47. The van der Waals surface area contributed by atoms with E-state index in [0.717, 1.165) is 11.8 Å². The molecule has 0 saturated heterocycles. The van der Waals surface area contributed by atoms with Crippen molar-refractivity contribution in [3.63, 3.8) is 0 Å². The van der Waals surface area contributed by atoms with E-state index >= 15 is 0 Å². The van der Waals surface area contributed by atoms with Crippen LogP contribution in [0.25, 0.3) is 0 Å². The van der Waals surface area contributed by atoms with E-state index in [2.05, 4.69) is 13.8 Å². The number of hydrogen-bond acceptors (Lipinski definition) is 0. The number of rotatable bonds is 4. The molecule has 0 nitrogen and oxygen atoms in total. The van der Waals surface area contributed by atoms with Gasteiger partial charge in [0.25, 0.3) is 0 Å². The van der Waals surface area contributed by atoms with Crippen molar-refractivity contribution in [3.8, 4) is 0 Å². The van der Waals surface area contributed by atoms with Gasteiger partial charge in [-0.1, -0.05) is 39.5 Å². The Hall–Kier alpha value is 0. The molecule has 0 radical (unpaired) electrons. The minimum Gasteiger partial charge on any atom is -0.0599 e. The first kappa shape index (κ1) is 7.64. The molecule has 0 amide bonds. The van der Waals surface area contributed by atoms with Gasteiger partial charge in [-0.25, -0.2) is 0 Å². The van der Waals surface area contributed by atoms with Crippen molar-refractivity contribution in [2.45, 2.75) is 52.4 Å². The van der Waals surface area contributed by atoms with Gasteiger partial charge < -0.3 is 0 Å². The summed E-state index contributed by atoms with van der Waals surface area (Å²) in [5.41, 5.74) is 0.669. The third-order valence-corrected chi connectivity index (χ3v) is 3.08. The van der Waals surface area contributed by atoms with Crippen LogP contribution < -0.4 is 0 Å². The third kappa shape index (κ3) is 2.50. The SMILES string of the molecule is CC(C)(CC1CC1)CC1CC1. The molecule has 0 heterocycles. The van der Waals surface area contributed by atoms with Crippen LogP contribution >= 0.6 is 0 Å². The van der Waals surface area contributed by atoms with Crippen LogP contribution in [0.2, 0.25) is 0 Å². The summed E-state index contributed by atoms with van der Waals surface area (Å²) in [6.07, 6.45) is 9.09. The normalized spacial score (nSPS) is 25.6. The fourth-order valence-electron chi connectivity index (χ4n) is 2.29. The molecule has 0 aliphatic heterocycles. The molecule has 0 aromatic carbocycles. The van der Waals surface area contributed by atoms with Gasteiger partial charge in [-0.05, 0) is 30.1 Å². The first-order valence-electron chi connectivity index (χ1n) is 5.16. The van der Waals surface area contributed by atoms with Crippen LogP contribution in [0.3, 0.4) is 0 Å². The quantitative estimate of drug-likeness (QED) is 0.577. The van der Waals surface area contributed by atoms with Gasteiger partial charge in [-0.3, -0.25) is 0 Å². The Morgan fingerprint density at radius 2 is 1.27 bits per heavy atom. The second-order valence-electron chi connectivity index (χ2n) is 5.46. The summed E-state index contributed by atoms with van der Waals surface area (Å²) in [7, 11) is 0. The minimum absolute atomic E-state index is 0.669. The molecular formula is C11H20. The van der Waals surface area contributed by atoms with Gasteiger partial charge in [0.05, 0.1) is 0 Å². The molecule has 64 valence electrons. The zero-order chi connectivity index (χ0) is 7.90. The van der Waals surface area contributed by atoms with E-state index in [9.17, 15) is 0 Å². The predicted molar refractivity (Wildman–Crippen MR) is 48.5 cm³/mol. The zero-order valence-corrected chi connectivity index (χ0v) is 7.90. The summed E-state index contributed by atoms with van der Waals surface area (Å²) < 4.78 is 0. The molecule has 0 N–H and O–H groups in total. The second kappa shape index (κ2) is 2.50. The molecule has 2 aliphatic rings. The molecule has 0 aromatic heterocycles. The summed E-state index contributed by atoms with van der Waals surface area (Å²) >= 11 is 0. The Kier molecular flexibility index (Phi) is 1.74. The summed E-state index contributed by atoms with van der Waals surface area (Å²) in [6.45, 7) is 4.92. The van der Waals surface area contributed by atoms with Crippen molar-refractivity contribution in [2.24, 2.45) is 17.3 Å². The van der Waals surface area contributed by atoms with E-state index < -0.39 is 0 Å². The van der Waals surface area contributed by atoms with E-state index in [4.69, 9.17) is 0 Å². The average Bonchev–Trinajstić information content (AvgIpc) is 2.60. The van der Waals surface area contributed by atoms with E-state index in [1.165, 1.54) is 38.5 Å². The Morgan fingerprint density at radius 1 is 0.909 bits per heavy atom. The van der Waals surface area contributed by atoms with Gasteiger partial charge in [0, 0.05) is 0 Å². The Labute approximate surface area is 70.4 Å². The molecule has 0 atom stereocenters. The lowest BCUT2D eigenvalue weighted by molar-refractivity contribution is 0.274. The van der Waals surface area contributed by atoms with Crippen LogP contribution in [-0.2, 0) is 0 Å². The van der Waals surface area contributed by atoms with Crippen LogP contribution in [0.15, 0.2) is 0 Å². The highest BCUT2D eigenvalue weighted by Gasteiger charge is 2.34.